The average Bonchev–Trinajstić information content (AvgIpc) is 3.11. The lowest BCUT2D eigenvalue weighted by Crippen LogP contribution is -2.03. The van der Waals surface area contributed by atoms with Gasteiger partial charge in [-0.1, -0.05) is 24.3 Å². The molecular formula is C20H16ClN3O2S. The van der Waals surface area contributed by atoms with Gasteiger partial charge in [-0.05, 0) is 47.0 Å². The number of hydrogen-bond acceptors (Lipinski definition) is 6. The van der Waals surface area contributed by atoms with Crippen LogP contribution in [0.1, 0.15) is 5.56 Å². The Labute approximate surface area is 165 Å². The van der Waals surface area contributed by atoms with Gasteiger partial charge in [0.05, 0.1) is 12.5 Å². The first-order chi connectivity index (χ1) is 13.1. The first kappa shape index (κ1) is 17.6. The van der Waals surface area contributed by atoms with Crippen LogP contribution in [-0.4, -0.2) is 22.2 Å². The van der Waals surface area contributed by atoms with Crippen LogP contribution in [0.3, 0.4) is 0 Å². The summed E-state index contributed by atoms with van der Waals surface area (Å²) in [5.41, 5.74) is 3.13. The van der Waals surface area contributed by atoms with E-state index in [9.17, 15) is 5.11 Å². The van der Waals surface area contributed by atoms with Crippen molar-refractivity contribution >= 4 is 39.0 Å². The van der Waals surface area contributed by atoms with E-state index in [0.29, 0.717) is 12.4 Å². The Morgan fingerprint density at radius 3 is 2.52 bits per heavy atom. The Morgan fingerprint density at radius 1 is 1.07 bits per heavy atom. The van der Waals surface area contributed by atoms with Gasteiger partial charge in [-0.3, -0.25) is 0 Å². The highest BCUT2D eigenvalue weighted by Crippen LogP contribution is 2.38. The van der Waals surface area contributed by atoms with Crippen molar-refractivity contribution in [2.24, 2.45) is 0 Å². The highest BCUT2D eigenvalue weighted by molar-refractivity contribution is 7.17. The zero-order valence-electron chi connectivity index (χ0n) is 14.4. The third-order valence-electron chi connectivity index (χ3n) is 4.20. The monoisotopic (exact) mass is 397 g/mol. The maximum Gasteiger partial charge on any atom is 0.225 e. The van der Waals surface area contributed by atoms with E-state index in [1.807, 2.05) is 36.4 Å². The molecule has 0 saturated carbocycles. The van der Waals surface area contributed by atoms with Gasteiger partial charge >= 0.3 is 0 Å². The van der Waals surface area contributed by atoms with Gasteiger partial charge in [-0.15, -0.1) is 11.3 Å². The summed E-state index contributed by atoms with van der Waals surface area (Å²) in [6.45, 7) is 0.556. The van der Waals surface area contributed by atoms with Crippen LogP contribution in [0.5, 0.6) is 11.5 Å². The molecule has 7 heteroatoms. The topological polar surface area (TPSA) is 67.3 Å². The predicted molar refractivity (Wildman–Crippen MR) is 110 cm³/mol. The van der Waals surface area contributed by atoms with E-state index in [4.69, 9.17) is 16.3 Å². The van der Waals surface area contributed by atoms with Crippen LogP contribution in [0.2, 0.25) is 5.28 Å². The molecule has 0 fully saturated rings. The number of benzene rings is 2. The number of phenolic OH excluding ortho intramolecular Hbond substituents is 1. The molecule has 2 heterocycles. The molecule has 4 rings (SSSR count). The molecule has 0 aliphatic rings. The summed E-state index contributed by atoms with van der Waals surface area (Å²) < 4.78 is 5.24. The molecule has 0 unspecified atom stereocenters. The minimum absolute atomic E-state index is 0.207. The standard InChI is InChI=1S/C20H16ClN3O2S/c1-26-15-8-4-13(5-9-15)16-11-27-19-17(16)18(23-20(21)24-19)22-10-12-2-6-14(25)7-3-12/h2-9,11,25H,10H2,1H3,(H,22,23,24). The lowest BCUT2D eigenvalue weighted by molar-refractivity contribution is 0.415. The van der Waals surface area contributed by atoms with Crippen molar-refractivity contribution in [3.05, 3.63) is 64.8 Å². The zero-order valence-corrected chi connectivity index (χ0v) is 16.0. The number of aromatic hydroxyl groups is 1. The van der Waals surface area contributed by atoms with Crippen molar-refractivity contribution in [1.82, 2.24) is 9.97 Å². The van der Waals surface area contributed by atoms with Crippen LogP contribution >= 0.6 is 22.9 Å². The molecule has 0 atom stereocenters. The molecule has 4 aromatic rings. The first-order valence-electron chi connectivity index (χ1n) is 8.25. The highest BCUT2D eigenvalue weighted by atomic mass is 35.5. The highest BCUT2D eigenvalue weighted by Gasteiger charge is 2.15. The third-order valence-corrected chi connectivity index (χ3v) is 5.24. The minimum Gasteiger partial charge on any atom is -0.508 e. The van der Waals surface area contributed by atoms with Crippen LogP contribution in [0.25, 0.3) is 21.3 Å². The number of nitrogens with zero attached hydrogens (tertiary/aromatic N) is 2. The van der Waals surface area contributed by atoms with Gasteiger partial charge in [0, 0.05) is 17.5 Å². The molecule has 2 N–H and O–H groups in total. The molecule has 0 spiro atoms. The number of anilines is 1. The molecular weight excluding hydrogens is 382 g/mol. The molecule has 0 bridgehead atoms. The van der Waals surface area contributed by atoms with Crippen LogP contribution in [0.4, 0.5) is 5.82 Å². The van der Waals surface area contributed by atoms with Gasteiger partial charge in [0.15, 0.2) is 0 Å². The number of hydrogen-bond donors (Lipinski definition) is 2. The SMILES string of the molecule is COc1ccc(-c2csc3nc(Cl)nc(NCc4ccc(O)cc4)c23)cc1. The normalized spacial score (nSPS) is 10.9. The average molecular weight is 398 g/mol. The summed E-state index contributed by atoms with van der Waals surface area (Å²) in [7, 11) is 1.65. The summed E-state index contributed by atoms with van der Waals surface area (Å²) in [6.07, 6.45) is 0. The lowest BCUT2D eigenvalue weighted by Gasteiger charge is -2.10. The second-order valence-electron chi connectivity index (χ2n) is 5.92. The maximum atomic E-state index is 9.43. The Hall–Kier alpha value is -2.83. The molecule has 0 amide bonds. The molecule has 136 valence electrons. The Bertz CT molecular complexity index is 1080. The number of rotatable bonds is 5. The number of methoxy groups -OCH3 is 1. The van der Waals surface area contributed by atoms with Crippen molar-refractivity contribution < 1.29 is 9.84 Å². The van der Waals surface area contributed by atoms with E-state index in [0.717, 1.165) is 32.7 Å². The number of ether oxygens (including phenoxy) is 1. The summed E-state index contributed by atoms with van der Waals surface area (Å²) >= 11 is 7.65. The largest absolute Gasteiger partial charge is 0.508 e. The van der Waals surface area contributed by atoms with Crippen molar-refractivity contribution in [2.75, 3.05) is 12.4 Å². The minimum atomic E-state index is 0.207. The summed E-state index contributed by atoms with van der Waals surface area (Å²) in [4.78, 5) is 9.59. The number of phenols is 1. The Morgan fingerprint density at radius 2 is 1.81 bits per heavy atom. The van der Waals surface area contributed by atoms with E-state index >= 15 is 0 Å². The Kier molecular flexibility index (Phi) is 4.83. The van der Waals surface area contributed by atoms with Crippen molar-refractivity contribution in [1.29, 1.82) is 0 Å². The van der Waals surface area contributed by atoms with Gasteiger partial charge in [-0.25, -0.2) is 9.97 Å². The fourth-order valence-corrected chi connectivity index (χ4v) is 3.99. The van der Waals surface area contributed by atoms with E-state index in [2.05, 4.69) is 20.7 Å². The molecule has 0 aliphatic carbocycles. The van der Waals surface area contributed by atoms with Gasteiger partial charge in [0.1, 0.15) is 22.1 Å². The van der Waals surface area contributed by atoms with Gasteiger partial charge < -0.3 is 15.2 Å². The second kappa shape index (κ2) is 7.42. The predicted octanol–water partition coefficient (Wildman–Crippen LogP) is 5.34. The number of fused-ring (bicyclic) bond motifs is 1. The fourth-order valence-electron chi connectivity index (χ4n) is 2.83. The first-order valence-corrected chi connectivity index (χ1v) is 9.51. The third kappa shape index (κ3) is 3.67. The van der Waals surface area contributed by atoms with Crippen LogP contribution in [0.15, 0.2) is 53.9 Å². The number of halogens is 1. The van der Waals surface area contributed by atoms with Crippen LogP contribution in [0, 0.1) is 0 Å². The molecule has 2 aromatic heterocycles. The molecule has 0 radical (unpaired) electrons. The summed E-state index contributed by atoms with van der Waals surface area (Å²) in [5.74, 6) is 1.74. The quantitative estimate of drug-likeness (QED) is 0.445. The van der Waals surface area contributed by atoms with E-state index in [1.54, 1.807) is 19.2 Å². The number of nitrogens with one attached hydrogen (secondary N) is 1. The molecule has 0 aliphatic heterocycles. The molecule has 5 nitrogen and oxygen atoms in total. The lowest BCUT2D eigenvalue weighted by atomic mass is 10.1. The molecule has 0 saturated heterocycles. The number of aromatic nitrogens is 2. The van der Waals surface area contributed by atoms with E-state index < -0.39 is 0 Å². The van der Waals surface area contributed by atoms with Gasteiger partial charge in [-0.2, -0.15) is 0 Å². The maximum absolute atomic E-state index is 9.43. The van der Waals surface area contributed by atoms with Gasteiger partial charge in [0.25, 0.3) is 0 Å². The van der Waals surface area contributed by atoms with Crippen LogP contribution < -0.4 is 10.1 Å². The molecule has 27 heavy (non-hydrogen) atoms. The Balaban J connectivity index is 1.72. The molecule has 2 aromatic carbocycles. The second-order valence-corrected chi connectivity index (χ2v) is 7.12. The smallest absolute Gasteiger partial charge is 0.225 e. The summed E-state index contributed by atoms with van der Waals surface area (Å²) in [6, 6.07) is 14.9. The van der Waals surface area contributed by atoms with E-state index in [1.165, 1.54) is 11.3 Å². The van der Waals surface area contributed by atoms with Crippen molar-refractivity contribution in [2.45, 2.75) is 6.54 Å². The van der Waals surface area contributed by atoms with E-state index in [-0.39, 0.29) is 11.0 Å². The fraction of sp³-hybridized carbons (Fsp3) is 0.100. The van der Waals surface area contributed by atoms with Crippen LogP contribution in [-0.2, 0) is 6.54 Å². The van der Waals surface area contributed by atoms with Gasteiger partial charge in [0.2, 0.25) is 5.28 Å². The van der Waals surface area contributed by atoms with Crippen molar-refractivity contribution in [3.63, 3.8) is 0 Å². The summed E-state index contributed by atoms with van der Waals surface area (Å²) in [5, 5.41) is 16.0. The zero-order chi connectivity index (χ0) is 18.8. The number of thiophene rings is 1. The van der Waals surface area contributed by atoms with Crippen molar-refractivity contribution in [3.8, 4) is 22.6 Å².